The molecular weight excluding hydrogens is 398 g/mol. The van der Waals surface area contributed by atoms with E-state index >= 15 is 0 Å². The van der Waals surface area contributed by atoms with Crippen LogP contribution in [0.1, 0.15) is 43.7 Å². The molecule has 0 bridgehead atoms. The van der Waals surface area contributed by atoms with Crippen LogP contribution < -0.4 is 4.74 Å². The van der Waals surface area contributed by atoms with Gasteiger partial charge in [0.15, 0.2) is 0 Å². The summed E-state index contributed by atoms with van der Waals surface area (Å²) in [6.45, 7) is 6.27. The highest BCUT2D eigenvalue weighted by Crippen LogP contribution is 2.21. The summed E-state index contributed by atoms with van der Waals surface area (Å²) in [5.41, 5.74) is 2.63. The lowest BCUT2D eigenvalue weighted by molar-refractivity contribution is -0.144. The number of hydrogen-bond acceptors (Lipinski definition) is 4. The zero-order valence-corrected chi connectivity index (χ0v) is 18.7. The van der Waals surface area contributed by atoms with E-state index in [2.05, 4.69) is 53.4 Å². The maximum atomic E-state index is 11.6. The minimum Gasteiger partial charge on any atom is -0.494 e. The molecule has 1 aliphatic rings. The zero-order chi connectivity index (χ0) is 20.3. The van der Waals surface area contributed by atoms with E-state index in [0.717, 1.165) is 57.7 Å². The minimum absolute atomic E-state index is 0. The Hall–Kier alpha value is -2.04. The van der Waals surface area contributed by atoms with E-state index in [-0.39, 0.29) is 18.4 Å². The molecule has 0 aliphatic carbocycles. The van der Waals surface area contributed by atoms with Crippen LogP contribution >= 0.6 is 12.4 Å². The van der Waals surface area contributed by atoms with E-state index in [4.69, 9.17) is 9.47 Å². The number of carbonyl (C=O) groups excluding carboxylic acids is 1. The van der Waals surface area contributed by atoms with Crippen molar-refractivity contribution in [3.05, 3.63) is 65.7 Å². The number of ether oxygens (including phenoxy) is 2. The highest BCUT2D eigenvalue weighted by molar-refractivity contribution is 5.85. The molecule has 0 atom stereocenters. The highest BCUT2D eigenvalue weighted by Gasteiger charge is 2.21. The van der Waals surface area contributed by atoms with Gasteiger partial charge in [-0.05, 0) is 74.9 Å². The first kappa shape index (κ1) is 24.2. The van der Waals surface area contributed by atoms with Crippen LogP contribution in [-0.2, 0) is 16.0 Å². The Morgan fingerprint density at radius 3 is 2.33 bits per heavy atom. The van der Waals surface area contributed by atoms with E-state index in [1.54, 1.807) is 0 Å². The average molecular weight is 432 g/mol. The van der Waals surface area contributed by atoms with Crippen molar-refractivity contribution in [3.8, 4) is 5.75 Å². The summed E-state index contributed by atoms with van der Waals surface area (Å²) in [4.78, 5) is 14.1. The third-order valence-corrected chi connectivity index (χ3v) is 5.53. The van der Waals surface area contributed by atoms with Gasteiger partial charge < -0.3 is 14.4 Å². The molecule has 1 aliphatic heterocycles. The second-order valence-corrected chi connectivity index (χ2v) is 7.80. The van der Waals surface area contributed by atoms with Gasteiger partial charge in [0.2, 0.25) is 0 Å². The molecule has 3 rings (SSSR count). The van der Waals surface area contributed by atoms with Crippen molar-refractivity contribution >= 4 is 18.4 Å². The van der Waals surface area contributed by atoms with Gasteiger partial charge in [-0.1, -0.05) is 42.5 Å². The minimum atomic E-state index is -0.0471. The van der Waals surface area contributed by atoms with E-state index in [1.807, 2.05) is 13.0 Å². The van der Waals surface area contributed by atoms with Crippen molar-refractivity contribution in [2.45, 2.75) is 39.0 Å². The quantitative estimate of drug-likeness (QED) is 0.386. The predicted molar refractivity (Wildman–Crippen MR) is 123 cm³/mol. The number of hydrogen-bond donors (Lipinski definition) is 0. The fourth-order valence-electron chi connectivity index (χ4n) is 3.88. The van der Waals surface area contributed by atoms with Crippen LogP contribution in [0.4, 0.5) is 0 Å². The topological polar surface area (TPSA) is 38.8 Å². The zero-order valence-electron chi connectivity index (χ0n) is 17.9. The maximum absolute atomic E-state index is 11.6. The van der Waals surface area contributed by atoms with Crippen LogP contribution in [-0.4, -0.2) is 43.7 Å². The number of rotatable bonds is 10. The molecule has 0 unspecified atom stereocenters. The fourth-order valence-corrected chi connectivity index (χ4v) is 3.88. The number of halogens is 1. The smallest absolute Gasteiger partial charge is 0.306 e. The Labute approximate surface area is 187 Å². The Bertz CT molecular complexity index is 728. The molecule has 164 valence electrons. The lowest BCUT2D eigenvalue weighted by atomic mass is 9.93. The van der Waals surface area contributed by atoms with Crippen LogP contribution in [0.5, 0.6) is 5.75 Å². The lowest BCUT2D eigenvalue weighted by Crippen LogP contribution is -2.35. The van der Waals surface area contributed by atoms with Crippen molar-refractivity contribution < 1.29 is 14.3 Å². The summed E-state index contributed by atoms with van der Waals surface area (Å²) in [5.74, 6) is 1.38. The summed E-state index contributed by atoms with van der Waals surface area (Å²) in [7, 11) is 0. The van der Waals surface area contributed by atoms with Crippen LogP contribution in [0.2, 0.25) is 0 Å². The molecule has 0 amide bonds. The van der Waals surface area contributed by atoms with Gasteiger partial charge in [0.25, 0.3) is 0 Å². The van der Waals surface area contributed by atoms with E-state index in [0.29, 0.717) is 18.9 Å². The van der Waals surface area contributed by atoms with Gasteiger partial charge in [-0.3, -0.25) is 4.79 Å². The van der Waals surface area contributed by atoms with Gasteiger partial charge >= 0.3 is 5.97 Å². The monoisotopic (exact) mass is 431 g/mol. The standard InChI is InChI=1S/C25H33NO3.ClH/c1-2-28-25(27)20-23-13-16-26(17-14-23)15-6-18-29-24-11-9-22(10-12-24)19-21-7-4-3-5-8-21;/h3-5,7-12,23H,2,6,13-20H2,1H3;1H. The van der Waals surface area contributed by atoms with Gasteiger partial charge in [-0.25, -0.2) is 0 Å². The van der Waals surface area contributed by atoms with E-state index in [1.165, 1.54) is 11.1 Å². The van der Waals surface area contributed by atoms with Gasteiger partial charge in [-0.15, -0.1) is 12.4 Å². The molecule has 1 fully saturated rings. The number of esters is 1. The highest BCUT2D eigenvalue weighted by atomic mass is 35.5. The maximum Gasteiger partial charge on any atom is 0.306 e. The third kappa shape index (κ3) is 8.37. The van der Waals surface area contributed by atoms with Crippen molar-refractivity contribution in [3.63, 3.8) is 0 Å². The molecule has 4 nitrogen and oxygen atoms in total. The second kappa shape index (κ2) is 13.3. The van der Waals surface area contributed by atoms with Crippen molar-refractivity contribution in [2.24, 2.45) is 5.92 Å². The molecule has 2 aromatic carbocycles. The number of nitrogens with zero attached hydrogens (tertiary/aromatic N) is 1. The number of benzene rings is 2. The number of carbonyl (C=O) groups is 1. The first-order chi connectivity index (χ1) is 14.2. The molecule has 0 N–H and O–H groups in total. The van der Waals surface area contributed by atoms with Gasteiger partial charge in [0, 0.05) is 13.0 Å². The number of likely N-dealkylation sites (tertiary alicyclic amines) is 1. The molecule has 30 heavy (non-hydrogen) atoms. The van der Waals surface area contributed by atoms with Crippen LogP contribution in [0, 0.1) is 5.92 Å². The van der Waals surface area contributed by atoms with Crippen molar-refractivity contribution in [1.82, 2.24) is 4.90 Å². The SMILES string of the molecule is CCOC(=O)CC1CCN(CCCOc2ccc(Cc3ccccc3)cc2)CC1.Cl. The van der Waals surface area contributed by atoms with Gasteiger partial charge in [0.05, 0.1) is 13.2 Å². The predicted octanol–water partition coefficient (Wildman–Crippen LogP) is 5.13. The first-order valence-corrected chi connectivity index (χ1v) is 10.9. The molecular formula is C25H34ClNO3. The third-order valence-electron chi connectivity index (χ3n) is 5.53. The van der Waals surface area contributed by atoms with E-state index in [9.17, 15) is 4.79 Å². The Kier molecular flexibility index (Phi) is 10.7. The largest absolute Gasteiger partial charge is 0.494 e. The lowest BCUT2D eigenvalue weighted by Gasteiger charge is -2.31. The molecule has 2 aromatic rings. The molecule has 0 radical (unpaired) electrons. The fraction of sp³-hybridized carbons (Fsp3) is 0.480. The normalized spacial score (nSPS) is 14.7. The summed E-state index contributed by atoms with van der Waals surface area (Å²) >= 11 is 0. The molecule has 0 spiro atoms. The Morgan fingerprint density at radius 2 is 1.67 bits per heavy atom. The van der Waals surface area contributed by atoms with Crippen LogP contribution in [0.15, 0.2) is 54.6 Å². The molecule has 0 aromatic heterocycles. The summed E-state index contributed by atoms with van der Waals surface area (Å²) in [6, 6.07) is 19.0. The molecule has 1 saturated heterocycles. The second-order valence-electron chi connectivity index (χ2n) is 7.80. The molecule has 1 heterocycles. The first-order valence-electron chi connectivity index (χ1n) is 10.9. The average Bonchev–Trinajstić information content (AvgIpc) is 2.74. The summed E-state index contributed by atoms with van der Waals surface area (Å²) in [6.07, 6.45) is 4.72. The summed E-state index contributed by atoms with van der Waals surface area (Å²) in [5, 5.41) is 0. The van der Waals surface area contributed by atoms with Gasteiger partial charge in [-0.2, -0.15) is 0 Å². The summed E-state index contributed by atoms with van der Waals surface area (Å²) < 4.78 is 11.0. The van der Waals surface area contributed by atoms with Crippen molar-refractivity contribution in [2.75, 3.05) is 32.8 Å². The van der Waals surface area contributed by atoms with E-state index < -0.39 is 0 Å². The van der Waals surface area contributed by atoms with Gasteiger partial charge in [0.1, 0.15) is 5.75 Å². The van der Waals surface area contributed by atoms with Crippen LogP contribution in [0.25, 0.3) is 0 Å². The Balaban J connectivity index is 0.00000320. The van der Waals surface area contributed by atoms with Crippen LogP contribution in [0.3, 0.4) is 0 Å². The molecule has 0 saturated carbocycles. The Morgan fingerprint density at radius 1 is 1.00 bits per heavy atom. The van der Waals surface area contributed by atoms with Crippen molar-refractivity contribution in [1.29, 1.82) is 0 Å². The molecule has 5 heteroatoms. The number of piperidine rings is 1.